The van der Waals surface area contributed by atoms with Gasteiger partial charge in [-0.2, -0.15) is 13.2 Å². The summed E-state index contributed by atoms with van der Waals surface area (Å²) in [7, 11) is 0. The van der Waals surface area contributed by atoms with E-state index in [1.807, 2.05) is 6.07 Å². The summed E-state index contributed by atoms with van der Waals surface area (Å²) in [5, 5.41) is 11.8. The number of amides is 1. The normalized spacial score (nSPS) is 14.6. The zero-order valence-electron chi connectivity index (χ0n) is 16.9. The van der Waals surface area contributed by atoms with Crippen molar-refractivity contribution in [2.75, 3.05) is 23.7 Å². The molecule has 1 saturated heterocycles. The lowest BCUT2D eigenvalue weighted by molar-refractivity contribution is -0.496. The van der Waals surface area contributed by atoms with Crippen LogP contribution < -0.4 is 21.3 Å². The van der Waals surface area contributed by atoms with Crippen molar-refractivity contribution in [3.05, 3.63) is 65.9 Å². The van der Waals surface area contributed by atoms with Crippen molar-refractivity contribution in [1.29, 1.82) is 5.41 Å². The quantitative estimate of drug-likeness (QED) is 0.331. The zero-order valence-corrected chi connectivity index (χ0v) is 16.9. The van der Waals surface area contributed by atoms with Crippen molar-refractivity contribution in [2.24, 2.45) is 0 Å². The molecule has 0 unspecified atom stereocenters. The summed E-state index contributed by atoms with van der Waals surface area (Å²) in [6.07, 6.45) is 1.68. The van der Waals surface area contributed by atoms with Gasteiger partial charge in [0.2, 0.25) is 0 Å². The number of piperidine rings is 1. The highest BCUT2D eigenvalue weighted by atomic mass is 19.4. The van der Waals surface area contributed by atoms with Gasteiger partial charge in [-0.15, -0.1) is 0 Å². The van der Waals surface area contributed by atoms with Crippen molar-refractivity contribution in [3.63, 3.8) is 0 Å². The van der Waals surface area contributed by atoms with E-state index in [0.29, 0.717) is 11.4 Å². The lowest BCUT2D eigenvalue weighted by atomic mass is 10.1. The highest BCUT2D eigenvalue weighted by Crippen LogP contribution is 2.29. The predicted molar refractivity (Wildman–Crippen MR) is 114 cm³/mol. The fraction of sp³-hybridized carbons (Fsp3) is 0.273. The molecule has 2 aromatic carbocycles. The van der Waals surface area contributed by atoms with Crippen LogP contribution in [0.4, 0.5) is 30.2 Å². The zero-order chi connectivity index (χ0) is 22.4. The molecule has 0 radical (unpaired) electrons. The lowest BCUT2D eigenvalue weighted by Gasteiger charge is -2.29. The maximum atomic E-state index is 12.8. The number of benzene rings is 2. The number of carbonyl (C=O) groups excluding carboxylic acids is 1. The number of halogens is 3. The Morgan fingerprint density at radius 2 is 1.87 bits per heavy atom. The van der Waals surface area contributed by atoms with Crippen LogP contribution in [0.25, 0.3) is 0 Å². The fourth-order valence-corrected chi connectivity index (χ4v) is 3.40. The van der Waals surface area contributed by atoms with Gasteiger partial charge in [0.15, 0.2) is 0 Å². The highest BCUT2D eigenvalue weighted by Gasteiger charge is 2.30. The minimum absolute atomic E-state index is 0.198. The van der Waals surface area contributed by atoms with Crippen molar-refractivity contribution in [3.8, 4) is 0 Å². The fourth-order valence-electron chi connectivity index (χ4n) is 3.40. The maximum absolute atomic E-state index is 12.8. The minimum Gasteiger partial charge on any atom is -0.398 e. The second-order valence-electron chi connectivity index (χ2n) is 7.34. The molecule has 1 aliphatic heterocycles. The second kappa shape index (κ2) is 9.65. The first kappa shape index (κ1) is 22.4. The van der Waals surface area contributed by atoms with Crippen LogP contribution in [0, 0.1) is 5.41 Å². The van der Waals surface area contributed by atoms with Gasteiger partial charge < -0.3 is 16.0 Å². The van der Waals surface area contributed by atoms with Gasteiger partial charge in [0.25, 0.3) is 5.91 Å². The largest absolute Gasteiger partial charge is 0.416 e. The number of rotatable bonds is 5. The summed E-state index contributed by atoms with van der Waals surface area (Å²) < 4.78 is 38.3. The smallest absolute Gasteiger partial charge is 0.398 e. The lowest BCUT2D eigenvalue weighted by Crippen LogP contribution is -2.71. The van der Waals surface area contributed by atoms with E-state index < -0.39 is 17.6 Å². The van der Waals surface area contributed by atoms with E-state index >= 15 is 0 Å². The molecule has 164 valence electrons. The van der Waals surface area contributed by atoms with Crippen LogP contribution in [0.2, 0.25) is 0 Å². The molecule has 0 atom stereocenters. The molecular formula is C22H25F3N5O+. The number of nitrogens with zero attached hydrogens (tertiary/aromatic N) is 1. The van der Waals surface area contributed by atoms with Gasteiger partial charge in [0.1, 0.15) is 17.7 Å². The van der Waals surface area contributed by atoms with Crippen LogP contribution in [0.15, 0.2) is 54.7 Å². The second-order valence-corrected chi connectivity index (χ2v) is 7.34. The number of nitrogen functional groups attached to an aromatic ring is 1. The third kappa shape index (κ3) is 6.08. The predicted octanol–water partition coefficient (Wildman–Crippen LogP) is 3.39. The van der Waals surface area contributed by atoms with Crippen molar-refractivity contribution in [1.82, 2.24) is 5.32 Å². The van der Waals surface area contributed by atoms with Gasteiger partial charge in [-0.05, 0) is 49.6 Å². The summed E-state index contributed by atoms with van der Waals surface area (Å²) in [6.45, 7) is 1.85. The van der Waals surface area contributed by atoms with Gasteiger partial charge >= 0.3 is 6.18 Å². The Hall–Kier alpha value is -3.33. The molecule has 0 saturated carbocycles. The molecule has 1 fully saturated rings. The molecule has 9 heteroatoms. The van der Waals surface area contributed by atoms with Gasteiger partial charge in [-0.25, -0.2) is 0 Å². The molecule has 1 heterocycles. The Bertz CT molecular complexity index is 981. The van der Waals surface area contributed by atoms with Crippen LogP contribution in [0.3, 0.4) is 0 Å². The van der Waals surface area contributed by atoms with E-state index in [-0.39, 0.29) is 11.4 Å². The van der Waals surface area contributed by atoms with Crippen LogP contribution in [-0.2, 0) is 6.18 Å². The molecule has 0 aliphatic carbocycles. The molecule has 0 bridgehead atoms. The summed E-state index contributed by atoms with van der Waals surface area (Å²) in [6, 6.07) is 10.1. The number of anilines is 2. The average Bonchev–Trinajstić information content (AvgIpc) is 2.74. The molecule has 2 aromatic rings. The molecule has 3 rings (SSSR count). The first-order chi connectivity index (χ1) is 14.7. The minimum atomic E-state index is -4.42. The highest BCUT2D eigenvalue weighted by molar-refractivity contribution is 6.11. The van der Waals surface area contributed by atoms with E-state index in [9.17, 15) is 18.0 Å². The van der Waals surface area contributed by atoms with E-state index in [4.69, 9.17) is 11.1 Å². The molecule has 31 heavy (non-hydrogen) atoms. The Balaban J connectivity index is 1.61. The number of alkyl halides is 3. The van der Waals surface area contributed by atoms with Crippen LogP contribution >= 0.6 is 0 Å². The van der Waals surface area contributed by atoms with Crippen molar-refractivity contribution < 1.29 is 23.3 Å². The summed E-state index contributed by atoms with van der Waals surface area (Å²) in [5.74, 6) is -0.707. The molecule has 6 nitrogen and oxygen atoms in total. The van der Waals surface area contributed by atoms with Crippen LogP contribution in [0.5, 0.6) is 0 Å². The average molecular weight is 432 g/mol. The van der Waals surface area contributed by atoms with Gasteiger partial charge in [0, 0.05) is 36.6 Å². The number of nitrogens with one attached hydrogen (secondary N) is 2. The number of quaternary nitrogens is 1. The van der Waals surface area contributed by atoms with E-state index in [1.165, 1.54) is 36.1 Å². The Labute approximate surface area is 178 Å². The van der Waals surface area contributed by atoms with E-state index in [0.717, 1.165) is 43.8 Å². The first-order valence-corrected chi connectivity index (χ1v) is 9.97. The van der Waals surface area contributed by atoms with Crippen LogP contribution in [-0.4, -0.2) is 24.8 Å². The summed E-state index contributed by atoms with van der Waals surface area (Å²) in [4.78, 5) is 14.8. The third-order valence-corrected chi connectivity index (χ3v) is 5.02. The molecule has 0 spiro atoms. The molecule has 6 N–H and O–H groups in total. The Morgan fingerprint density at radius 1 is 1.13 bits per heavy atom. The van der Waals surface area contributed by atoms with E-state index in [2.05, 4.69) is 10.2 Å². The molecular weight excluding hydrogens is 407 g/mol. The summed E-state index contributed by atoms with van der Waals surface area (Å²) in [5.41, 5.74) is 7.05. The number of hydrogen-bond donors (Lipinski definition) is 4. The van der Waals surface area contributed by atoms with E-state index in [1.54, 1.807) is 12.1 Å². The molecule has 1 aliphatic rings. The summed E-state index contributed by atoms with van der Waals surface area (Å²) >= 11 is 0. The Morgan fingerprint density at radius 3 is 2.58 bits per heavy atom. The maximum Gasteiger partial charge on any atom is 0.416 e. The number of carbonyl (C=O) groups is 1. The van der Waals surface area contributed by atoms with Gasteiger partial charge in [0.05, 0.1) is 11.1 Å². The van der Waals surface area contributed by atoms with Gasteiger partial charge in [-0.1, -0.05) is 6.07 Å². The topological polar surface area (TPSA) is 98.8 Å². The monoisotopic (exact) mass is 432 g/mol. The van der Waals surface area contributed by atoms with Crippen LogP contribution in [0.1, 0.15) is 35.2 Å². The molecule has 0 aromatic heterocycles. The number of amidine groups is 1. The number of hydrogen-bond acceptors (Lipinski definition) is 4. The Kier molecular flexibility index (Phi) is 6.96. The van der Waals surface area contributed by atoms with Crippen molar-refractivity contribution >= 4 is 28.8 Å². The first-order valence-electron chi connectivity index (χ1n) is 9.97. The molecule has 1 amide bonds. The SMILES string of the molecule is N=C(C=C[NH2+]c1cccc(C(F)(F)F)c1)NC(=O)c1cc(N2CCCCC2)ccc1N. The van der Waals surface area contributed by atoms with Crippen molar-refractivity contribution in [2.45, 2.75) is 25.4 Å². The number of nitrogens with two attached hydrogens (primary N) is 2. The standard InChI is InChI=1S/C22H24F3N5O/c23-22(24,25)15-5-4-6-16(13-15)28-10-9-20(27)29-21(31)18-14-17(7-8-19(18)26)30-11-2-1-3-12-30/h4-10,13-14,28H,1-3,11-12,26H2,(H2,27,29,31)/p+1. The third-order valence-electron chi connectivity index (χ3n) is 5.02. The van der Waals surface area contributed by atoms with Gasteiger partial charge in [-0.3, -0.25) is 15.5 Å².